The molecule has 0 aliphatic rings. The van der Waals surface area contributed by atoms with Crippen molar-refractivity contribution in [2.24, 2.45) is 0 Å². The van der Waals surface area contributed by atoms with E-state index in [1.54, 1.807) is 6.08 Å². The van der Waals surface area contributed by atoms with Crippen LogP contribution in [0.1, 0.15) is 373 Å². The van der Waals surface area contributed by atoms with E-state index in [9.17, 15) is 19.8 Å². The predicted octanol–water partition coefficient (Wildman–Crippen LogP) is 21.9. The number of ether oxygens (including phenoxy) is 1. The summed E-state index contributed by atoms with van der Waals surface area (Å²) in [5.41, 5.74) is 0. The third-order valence-corrected chi connectivity index (χ3v) is 15.9. The molecular formula is C70H133NO5. The topological polar surface area (TPSA) is 95.9 Å². The molecule has 448 valence electrons. The van der Waals surface area contributed by atoms with E-state index in [2.05, 4.69) is 43.5 Å². The normalized spacial score (nSPS) is 12.7. The Morgan fingerprint density at radius 2 is 0.658 bits per heavy atom. The van der Waals surface area contributed by atoms with Gasteiger partial charge in [-0.05, 0) is 64.2 Å². The van der Waals surface area contributed by atoms with Crippen LogP contribution in [-0.2, 0) is 14.3 Å². The lowest BCUT2D eigenvalue weighted by Crippen LogP contribution is -2.45. The molecule has 1 amide bonds. The van der Waals surface area contributed by atoms with Crippen LogP contribution >= 0.6 is 0 Å². The van der Waals surface area contributed by atoms with Crippen molar-refractivity contribution in [1.29, 1.82) is 0 Å². The third-order valence-electron chi connectivity index (χ3n) is 15.9. The zero-order chi connectivity index (χ0) is 55.0. The minimum Gasteiger partial charge on any atom is -0.466 e. The van der Waals surface area contributed by atoms with Crippen molar-refractivity contribution in [2.45, 2.75) is 386 Å². The van der Waals surface area contributed by atoms with Crippen molar-refractivity contribution >= 4 is 11.9 Å². The summed E-state index contributed by atoms with van der Waals surface area (Å²) in [5, 5.41) is 23.2. The largest absolute Gasteiger partial charge is 0.466 e. The van der Waals surface area contributed by atoms with Gasteiger partial charge in [-0.1, -0.05) is 333 Å². The highest BCUT2D eigenvalue weighted by molar-refractivity contribution is 5.76. The molecule has 76 heavy (non-hydrogen) atoms. The lowest BCUT2D eigenvalue weighted by atomic mass is 10.0. The van der Waals surface area contributed by atoms with Crippen LogP contribution in [0.4, 0.5) is 0 Å². The second-order valence-electron chi connectivity index (χ2n) is 23.5. The van der Waals surface area contributed by atoms with Gasteiger partial charge in [0.1, 0.15) is 0 Å². The Kier molecular flexibility index (Phi) is 63.9. The molecule has 0 heterocycles. The zero-order valence-electron chi connectivity index (χ0n) is 51.3. The Morgan fingerprint density at radius 3 is 1.03 bits per heavy atom. The molecule has 0 rings (SSSR count). The fourth-order valence-corrected chi connectivity index (χ4v) is 10.7. The maximum Gasteiger partial charge on any atom is 0.305 e. The highest BCUT2D eigenvalue weighted by Gasteiger charge is 2.18. The number of amides is 1. The number of carbonyl (C=O) groups is 2. The first kappa shape index (κ1) is 74.1. The van der Waals surface area contributed by atoms with Gasteiger partial charge in [-0.25, -0.2) is 0 Å². The average Bonchev–Trinajstić information content (AvgIpc) is 3.42. The van der Waals surface area contributed by atoms with E-state index in [4.69, 9.17) is 4.74 Å². The number of nitrogens with one attached hydrogen (secondary N) is 1. The Balaban J connectivity index is 3.41. The lowest BCUT2D eigenvalue weighted by Gasteiger charge is -2.20. The van der Waals surface area contributed by atoms with E-state index in [0.717, 1.165) is 51.4 Å². The maximum absolute atomic E-state index is 12.5. The van der Waals surface area contributed by atoms with Crippen LogP contribution in [0.25, 0.3) is 0 Å². The summed E-state index contributed by atoms with van der Waals surface area (Å²) in [5.74, 6) is -0.0599. The van der Waals surface area contributed by atoms with E-state index >= 15 is 0 Å². The number of aliphatic hydroxyl groups excluding tert-OH is 2. The SMILES string of the molecule is CCCCC/C=C\C/C=C\CCCCCCCCCCCC(=O)OCCCCCCCCCCCCCCCCCCCCCCC(=O)NC(CO)C(O)/C=C/CCCCCCCCCCCCCCCCCCCC. The number of hydrogen-bond acceptors (Lipinski definition) is 5. The number of allylic oxidation sites excluding steroid dienone is 5. The van der Waals surface area contributed by atoms with Crippen molar-refractivity contribution in [2.75, 3.05) is 13.2 Å². The summed E-state index contributed by atoms with van der Waals surface area (Å²) in [7, 11) is 0. The molecule has 0 aliphatic carbocycles. The van der Waals surface area contributed by atoms with Crippen molar-refractivity contribution in [3.05, 3.63) is 36.5 Å². The van der Waals surface area contributed by atoms with Crippen molar-refractivity contribution < 1.29 is 24.5 Å². The summed E-state index contributed by atoms with van der Waals surface area (Å²) in [6, 6.07) is -0.631. The molecule has 0 radical (unpaired) electrons. The van der Waals surface area contributed by atoms with Crippen LogP contribution in [0.15, 0.2) is 36.5 Å². The molecular weight excluding hydrogens is 935 g/mol. The van der Waals surface area contributed by atoms with E-state index in [1.807, 2.05) is 6.08 Å². The number of hydrogen-bond donors (Lipinski definition) is 3. The van der Waals surface area contributed by atoms with Crippen LogP contribution < -0.4 is 5.32 Å². The molecule has 0 aromatic heterocycles. The first-order chi connectivity index (χ1) is 37.5. The van der Waals surface area contributed by atoms with Gasteiger partial charge in [-0.2, -0.15) is 0 Å². The summed E-state index contributed by atoms with van der Waals surface area (Å²) in [6.45, 7) is 4.90. The average molecular weight is 1070 g/mol. The maximum atomic E-state index is 12.5. The van der Waals surface area contributed by atoms with Crippen LogP contribution in [0.3, 0.4) is 0 Å². The molecule has 2 unspecified atom stereocenters. The van der Waals surface area contributed by atoms with Gasteiger partial charge in [0.05, 0.1) is 25.4 Å². The molecule has 0 fully saturated rings. The van der Waals surface area contributed by atoms with E-state index in [-0.39, 0.29) is 18.5 Å². The summed E-state index contributed by atoms with van der Waals surface area (Å²) < 4.78 is 5.50. The molecule has 2 atom stereocenters. The number of carbonyl (C=O) groups excluding carboxylic acids is 2. The number of esters is 1. The number of unbranched alkanes of at least 4 members (excludes halogenated alkanes) is 49. The summed E-state index contributed by atoms with van der Waals surface area (Å²) in [6.07, 6.45) is 83.4. The second-order valence-corrected chi connectivity index (χ2v) is 23.5. The Morgan fingerprint density at radius 1 is 0.368 bits per heavy atom. The van der Waals surface area contributed by atoms with E-state index in [0.29, 0.717) is 19.4 Å². The van der Waals surface area contributed by atoms with E-state index < -0.39 is 12.1 Å². The standard InChI is InChI=1S/C70H133NO5/c1-3-5-7-9-11-13-15-17-19-21-23-27-30-34-38-42-46-50-54-58-62-68(73)67(66-72)71-69(74)63-59-55-51-47-43-39-35-31-28-24-25-29-33-37-41-45-49-53-57-61-65-76-70(75)64-60-56-52-48-44-40-36-32-26-22-20-18-16-14-12-10-8-6-4-2/h12,14,18,20,58,62,67-68,72-73H,3-11,13,15-17,19,21-57,59-61,63-66H2,1-2H3,(H,71,74)/b14-12-,20-18-,62-58+. The van der Waals surface area contributed by atoms with Gasteiger partial charge in [0.25, 0.3) is 0 Å². The van der Waals surface area contributed by atoms with Crippen LogP contribution in [-0.4, -0.2) is 47.4 Å². The van der Waals surface area contributed by atoms with Gasteiger partial charge >= 0.3 is 5.97 Å². The van der Waals surface area contributed by atoms with Crippen molar-refractivity contribution in [3.8, 4) is 0 Å². The van der Waals surface area contributed by atoms with Gasteiger partial charge in [-0.15, -0.1) is 0 Å². The molecule has 0 aromatic carbocycles. The number of aliphatic hydroxyl groups is 2. The van der Waals surface area contributed by atoms with Crippen LogP contribution in [0.5, 0.6) is 0 Å². The Bertz CT molecular complexity index is 1230. The third kappa shape index (κ3) is 61.3. The van der Waals surface area contributed by atoms with Crippen LogP contribution in [0.2, 0.25) is 0 Å². The second kappa shape index (κ2) is 65.6. The minimum absolute atomic E-state index is 0.00674. The first-order valence-corrected chi connectivity index (χ1v) is 34.3. The minimum atomic E-state index is -0.847. The number of rotatable bonds is 64. The van der Waals surface area contributed by atoms with Gasteiger partial charge in [-0.3, -0.25) is 9.59 Å². The molecule has 3 N–H and O–H groups in total. The Labute approximate surface area is 474 Å². The molecule has 0 aliphatic heterocycles. The molecule has 6 heteroatoms. The molecule has 0 saturated carbocycles. The smallest absolute Gasteiger partial charge is 0.305 e. The van der Waals surface area contributed by atoms with Gasteiger partial charge in [0, 0.05) is 12.8 Å². The molecule has 0 aromatic rings. The van der Waals surface area contributed by atoms with E-state index in [1.165, 1.54) is 295 Å². The fraction of sp³-hybridized carbons (Fsp3) is 0.886. The summed E-state index contributed by atoms with van der Waals surface area (Å²) in [4.78, 5) is 24.6. The first-order valence-electron chi connectivity index (χ1n) is 34.3. The van der Waals surface area contributed by atoms with Gasteiger partial charge in [0.2, 0.25) is 5.91 Å². The monoisotopic (exact) mass is 1070 g/mol. The summed E-state index contributed by atoms with van der Waals surface area (Å²) >= 11 is 0. The zero-order valence-corrected chi connectivity index (χ0v) is 51.3. The van der Waals surface area contributed by atoms with Crippen LogP contribution in [0, 0.1) is 0 Å². The molecule has 0 spiro atoms. The lowest BCUT2D eigenvalue weighted by molar-refractivity contribution is -0.143. The Hall–Kier alpha value is -1.92. The predicted molar refractivity (Wildman–Crippen MR) is 333 cm³/mol. The highest BCUT2D eigenvalue weighted by Crippen LogP contribution is 2.18. The molecule has 6 nitrogen and oxygen atoms in total. The van der Waals surface area contributed by atoms with Crippen molar-refractivity contribution in [1.82, 2.24) is 5.32 Å². The van der Waals surface area contributed by atoms with Gasteiger partial charge in [0.15, 0.2) is 0 Å². The van der Waals surface area contributed by atoms with Gasteiger partial charge < -0.3 is 20.3 Å². The highest BCUT2D eigenvalue weighted by atomic mass is 16.5. The quantitative estimate of drug-likeness (QED) is 0.0320. The van der Waals surface area contributed by atoms with Crippen molar-refractivity contribution in [3.63, 3.8) is 0 Å². The molecule has 0 saturated heterocycles. The fourth-order valence-electron chi connectivity index (χ4n) is 10.7. The molecule has 0 bridgehead atoms.